The zero-order valence-corrected chi connectivity index (χ0v) is 15.8. The molecular weight excluding hydrogens is 393 g/mol. The molecule has 0 amide bonds. The van der Waals surface area contributed by atoms with Gasteiger partial charge < -0.3 is 4.74 Å². The minimum Gasteiger partial charge on any atom is -0.465 e. The average molecular weight is 408 g/mol. The Kier molecular flexibility index (Phi) is 7.10. The van der Waals surface area contributed by atoms with Crippen molar-refractivity contribution in [1.29, 1.82) is 0 Å². The molecule has 0 aliphatic heterocycles. The standard InChI is InChI=1S/C19H15Cl2NO5/c1-27-19(24)14(11-13-15(20)6-4-7-16(13)21)18(23)10-9-12-5-2-3-8-17(12)22(25)26/h2-8,11H,9-10H2,1H3/b14-11-. The van der Waals surface area contributed by atoms with Crippen LogP contribution in [-0.4, -0.2) is 23.8 Å². The van der Waals surface area contributed by atoms with Crippen LogP contribution in [0.25, 0.3) is 6.08 Å². The van der Waals surface area contributed by atoms with Crippen molar-refractivity contribution < 1.29 is 19.2 Å². The fourth-order valence-electron chi connectivity index (χ4n) is 2.44. The number of rotatable bonds is 7. The third-order valence-electron chi connectivity index (χ3n) is 3.80. The van der Waals surface area contributed by atoms with Crippen molar-refractivity contribution in [3.05, 3.63) is 79.3 Å². The summed E-state index contributed by atoms with van der Waals surface area (Å²) in [5.41, 5.74) is 0.408. The smallest absolute Gasteiger partial charge is 0.341 e. The quantitative estimate of drug-likeness (QED) is 0.166. The number of hydrogen-bond donors (Lipinski definition) is 0. The molecule has 0 spiro atoms. The number of methoxy groups -OCH3 is 1. The van der Waals surface area contributed by atoms with Crippen LogP contribution in [0.15, 0.2) is 48.0 Å². The summed E-state index contributed by atoms with van der Waals surface area (Å²) in [5.74, 6) is -1.37. The Hall–Kier alpha value is -2.70. The van der Waals surface area contributed by atoms with Gasteiger partial charge in [0.05, 0.1) is 12.0 Å². The van der Waals surface area contributed by atoms with E-state index in [0.29, 0.717) is 11.1 Å². The van der Waals surface area contributed by atoms with Crippen LogP contribution in [-0.2, 0) is 20.7 Å². The van der Waals surface area contributed by atoms with Crippen molar-refractivity contribution in [3.63, 3.8) is 0 Å². The maximum atomic E-state index is 12.6. The number of carbonyl (C=O) groups is 2. The van der Waals surface area contributed by atoms with Gasteiger partial charge in [-0.05, 0) is 24.6 Å². The van der Waals surface area contributed by atoms with Gasteiger partial charge in [-0.2, -0.15) is 0 Å². The molecule has 2 aromatic rings. The molecule has 0 saturated heterocycles. The van der Waals surface area contributed by atoms with Gasteiger partial charge in [-0.15, -0.1) is 0 Å². The van der Waals surface area contributed by atoms with Gasteiger partial charge in [0.15, 0.2) is 5.78 Å². The number of esters is 1. The minimum atomic E-state index is -0.835. The van der Waals surface area contributed by atoms with Crippen LogP contribution >= 0.6 is 23.2 Å². The number of Topliss-reactive ketones (excluding diaryl/α,β-unsaturated/α-hetero) is 1. The molecule has 0 N–H and O–H groups in total. The third-order valence-corrected chi connectivity index (χ3v) is 4.46. The Morgan fingerprint density at radius 2 is 1.74 bits per heavy atom. The molecule has 0 aliphatic carbocycles. The molecule has 0 radical (unpaired) electrons. The summed E-state index contributed by atoms with van der Waals surface area (Å²) >= 11 is 12.2. The number of benzene rings is 2. The fraction of sp³-hybridized carbons (Fsp3) is 0.158. The zero-order chi connectivity index (χ0) is 20.0. The zero-order valence-electron chi connectivity index (χ0n) is 14.3. The number of carbonyl (C=O) groups excluding carboxylic acids is 2. The Morgan fingerprint density at radius 1 is 1.11 bits per heavy atom. The van der Waals surface area contributed by atoms with Crippen LogP contribution < -0.4 is 0 Å². The molecule has 0 atom stereocenters. The summed E-state index contributed by atoms with van der Waals surface area (Å²) in [7, 11) is 1.15. The molecule has 0 fully saturated rings. The number of hydrogen-bond acceptors (Lipinski definition) is 5. The second-order valence-electron chi connectivity index (χ2n) is 5.49. The van der Waals surface area contributed by atoms with Gasteiger partial charge in [0.25, 0.3) is 5.69 Å². The second kappa shape index (κ2) is 9.30. The summed E-state index contributed by atoms with van der Waals surface area (Å²) < 4.78 is 4.68. The second-order valence-corrected chi connectivity index (χ2v) is 6.31. The number of ether oxygens (including phenoxy) is 1. The maximum Gasteiger partial charge on any atom is 0.341 e. The molecule has 6 nitrogen and oxygen atoms in total. The molecule has 0 saturated carbocycles. The van der Waals surface area contributed by atoms with Crippen LogP contribution in [0.2, 0.25) is 10.0 Å². The highest BCUT2D eigenvalue weighted by Gasteiger charge is 2.21. The van der Waals surface area contributed by atoms with Crippen molar-refractivity contribution in [3.8, 4) is 0 Å². The summed E-state index contributed by atoms with van der Waals surface area (Å²) in [5, 5.41) is 11.6. The molecule has 0 bridgehead atoms. The first kappa shape index (κ1) is 20.6. The van der Waals surface area contributed by atoms with Gasteiger partial charge in [-0.25, -0.2) is 4.79 Å². The monoisotopic (exact) mass is 407 g/mol. The molecule has 0 aromatic heterocycles. The average Bonchev–Trinajstić information content (AvgIpc) is 2.65. The molecule has 8 heteroatoms. The Bertz CT molecular complexity index is 904. The van der Waals surface area contributed by atoms with Gasteiger partial charge in [0, 0.05) is 33.7 Å². The van der Waals surface area contributed by atoms with Crippen LogP contribution in [0.5, 0.6) is 0 Å². The maximum absolute atomic E-state index is 12.6. The van der Waals surface area contributed by atoms with E-state index < -0.39 is 16.7 Å². The SMILES string of the molecule is COC(=O)/C(=C\c1c(Cl)cccc1Cl)C(=O)CCc1ccccc1[N+](=O)[O-]. The summed E-state index contributed by atoms with van der Waals surface area (Å²) in [6, 6.07) is 10.9. The number of para-hydroxylation sites is 1. The molecule has 140 valence electrons. The van der Waals surface area contributed by atoms with E-state index in [9.17, 15) is 19.7 Å². The van der Waals surface area contributed by atoms with Crippen molar-refractivity contribution in [2.45, 2.75) is 12.8 Å². The highest BCUT2D eigenvalue weighted by Crippen LogP contribution is 2.28. The van der Waals surface area contributed by atoms with E-state index in [2.05, 4.69) is 4.74 Å². The lowest BCUT2D eigenvalue weighted by molar-refractivity contribution is -0.385. The topological polar surface area (TPSA) is 86.5 Å². The van der Waals surface area contributed by atoms with Gasteiger partial charge in [-0.3, -0.25) is 14.9 Å². The van der Waals surface area contributed by atoms with E-state index in [0.717, 1.165) is 7.11 Å². The number of aryl methyl sites for hydroxylation is 1. The normalized spacial score (nSPS) is 11.1. The largest absolute Gasteiger partial charge is 0.465 e. The predicted molar refractivity (Wildman–Crippen MR) is 103 cm³/mol. The van der Waals surface area contributed by atoms with Crippen molar-refractivity contribution in [1.82, 2.24) is 0 Å². The number of ketones is 1. The third kappa shape index (κ3) is 5.15. The first-order valence-corrected chi connectivity index (χ1v) is 8.60. The van der Waals surface area contributed by atoms with E-state index in [1.165, 1.54) is 12.1 Å². The van der Waals surface area contributed by atoms with Crippen LogP contribution in [0.4, 0.5) is 5.69 Å². The summed E-state index contributed by atoms with van der Waals surface area (Å²) in [6.45, 7) is 0. The molecule has 2 rings (SSSR count). The van der Waals surface area contributed by atoms with Gasteiger partial charge in [0.2, 0.25) is 0 Å². The van der Waals surface area contributed by atoms with Gasteiger partial charge in [0.1, 0.15) is 5.57 Å². The highest BCUT2D eigenvalue weighted by atomic mass is 35.5. The Labute approximate surface area is 165 Å². The first-order valence-electron chi connectivity index (χ1n) is 7.84. The number of nitro groups is 1. The lowest BCUT2D eigenvalue weighted by Gasteiger charge is -2.08. The van der Waals surface area contributed by atoms with Crippen LogP contribution in [0.3, 0.4) is 0 Å². The highest BCUT2D eigenvalue weighted by molar-refractivity contribution is 6.37. The van der Waals surface area contributed by atoms with Gasteiger partial charge >= 0.3 is 5.97 Å². The number of halogens is 2. The molecule has 0 aliphatic rings. The minimum absolute atomic E-state index is 0.0805. The number of nitro benzene ring substituents is 1. The van der Waals surface area contributed by atoms with Crippen molar-refractivity contribution >= 4 is 46.7 Å². The van der Waals surface area contributed by atoms with E-state index in [1.807, 2.05) is 0 Å². The van der Waals surface area contributed by atoms with Crippen molar-refractivity contribution in [2.24, 2.45) is 0 Å². The summed E-state index contributed by atoms with van der Waals surface area (Å²) in [4.78, 5) is 35.2. The molecule has 27 heavy (non-hydrogen) atoms. The lowest BCUT2D eigenvalue weighted by Crippen LogP contribution is -2.15. The van der Waals surface area contributed by atoms with E-state index in [1.54, 1.807) is 36.4 Å². The molecule has 0 heterocycles. The number of nitrogens with zero attached hydrogens (tertiary/aromatic N) is 1. The fourth-order valence-corrected chi connectivity index (χ4v) is 2.95. The predicted octanol–water partition coefficient (Wildman–Crippen LogP) is 4.66. The van der Waals surface area contributed by atoms with E-state index in [4.69, 9.17) is 23.2 Å². The first-order chi connectivity index (χ1) is 12.8. The van der Waals surface area contributed by atoms with E-state index in [-0.39, 0.29) is 34.1 Å². The van der Waals surface area contributed by atoms with Crippen LogP contribution in [0.1, 0.15) is 17.5 Å². The lowest BCUT2D eigenvalue weighted by atomic mass is 10.00. The van der Waals surface area contributed by atoms with Gasteiger partial charge in [-0.1, -0.05) is 47.5 Å². The molecule has 2 aromatic carbocycles. The Morgan fingerprint density at radius 3 is 2.33 bits per heavy atom. The van der Waals surface area contributed by atoms with Crippen LogP contribution in [0, 0.1) is 10.1 Å². The van der Waals surface area contributed by atoms with E-state index >= 15 is 0 Å². The molecule has 0 unspecified atom stereocenters. The molecular formula is C19H15Cl2NO5. The Balaban J connectivity index is 2.31. The summed E-state index contributed by atoms with van der Waals surface area (Å²) in [6.07, 6.45) is 1.26. The van der Waals surface area contributed by atoms with Crippen molar-refractivity contribution in [2.75, 3.05) is 7.11 Å².